The summed E-state index contributed by atoms with van der Waals surface area (Å²) in [5, 5.41) is 11.2. The number of amides is 1. The zero-order valence-corrected chi connectivity index (χ0v) is 15.9. The summed E-state index contributed by atoms with van der Waals surface area (Å²) >= 11 is 0. The first-order chi connectivity index (χ1) is 14.4. The van der Waals surface area contributed by atoms with E-state index >= 15 is 0 Å². The van der Waals surface area contributed by atoms with Gasteiger partial charge in [0.05, 0.1) is 23.2 Å². The Hall–Kier alpha value is -3.07. The van der Waals surface area contributed by atoms with Gasteiger partial charge in [-0.2, -0.15) is 23.4 Å². The largest absolute Gasteiger partial charge is 0.406 e. The maximum absolute atomic E-state index is 13.2. The van der Waals surface area contributed by atoms with Crippen molar-refractivity contribution in [2.45, 2.75) is 37.6 Å². The number of azo groups is 1. The van der Waals surface area contributed by atoms with Gasteiger partial charge in [0, 0.05) is 24.3 Å². The molecule has 1 atom stereocenters. The van der Waals surface area contributed by atoms with Crippen molar-refractivity contribution in [1.82, 2.24) is 10.3 Å². The Morgan fingerprint density at radius 2 is 2.00 bits per heavy atom. The fourth-order valence-corrected chi connectivity index (χ4v) is 3.81. The summed E-state index contributed by atoms with van der Waals surface area (Å²) < 4.78 is 39.7. The lowest BCUT2D eigenvalue weighted by atomic mass is 9.94. The minimum absolute atomic E-state index is 0.112. The van der Waals surface area contributed by atoms with E-state index in [0.29, 0.717) is 23.8 Å². The summed E-state index contributed by atoms with van der Waals surface area (Å²) in [6, 6.07) is 9.07. The molecule has 1 aliphatic carbocycles. The number of benzene rings is 1. The standard InChI is InChI=1S/C21H18F3N5O/c22-21(23,24)11-29-17-7-13(9-26-19(17)18-16(20(29)30)10-27-28-18)15-4-2-1-3-12(15)8-25-14-5-6-14/h1-4,7,9-10,14,18,25H,5-6,8,11H2. The number of rotatable bonds is 5. The number of anilines is 1. The molecule has 1 saturated carbocycles. The third kappa shape index (κ3) is 3.49. The van der Waals surface area contributed by atoms with Crippen LogP contribution in [0.4, 0.5) is 18.9 Å². The molecule has 6 nitrogen and oxygen atoms in total. The molecule has 1 aromatic carbocycles. The van der Waals surface area contributed by atoms with Crippen LogP contribution < -0.4 is 10.2 Å². The van der Waals surface area contributed by atoms with Gasteiger partial charge >= 0.3 is 6.18 Å². The predicted molar refractivity (Wildman–Crippen MR) is 104 cm³/mol. The fourth-order valence-electron chi connectivity index (χ4n) is 3.81. The zero-order chi connectivity index (χ0) is 20.9. The maximum Gasteiger partial charge on any atom is 0.406 e. The van der Waals surface area contributed by atoms with Gasteiger partial charge in [-0.15, -0.1) is 0 Å². The van der Waals surface area contributed by atoms with Crippen LogP contribution in [0, 0.1) is 0 Å². The number of fused-ring (bicyclic) bond motifs is 3. The van der Waals surface area contributed by atoms with Crippen molar-refractivity contribution in [3.8, 4) is 11.1 Å². The van der Waals surface area contributed by atoms with Gasteiger partial charge in [0.25, 0.3) is 5.91 Å². The molecule has 3 aliphatic rings. The highest BCUT2D eigenvalue weighted by atomic mass is 19.4. The van der Waals surface area contributed by atoms with Crippen LogP contribution >= 0.6 is 0 Å². The average Bonchev–Trinajstić information content (AvgIpc) is 3.42. The van der Waals surface area contributed by atoms with Crippen molar-refractivity contribution in [2.24, 2.45) is 10.2 Å². The molecule has 154 valence electrons. The summed E-state index contributed by atoms with van der Waals surface area (Å²) in [6.07, 6.45) is 0.608. The summed E-state index contributed by atoms with van der Waals surface area (Å²) in [7, 11) is 0. The molecule has 0 radical (unpaired) electrons. The lowest BCUT2D eigenvalue weighted by Gasteiger charge is -2.32. The summed E-state index contributed by atoms with van der Waals surface area (Å²) in [4.78, 5) is 17.9. The molecule has 1 amide bonds. The van der Waals surface area contributed by atoms with Crippen LogP contribution in [0.1, 0.15) is 30.1 Å². The molecule has 1 fully saturated rings. The number of carbonyl (C=O) groups is 1. The second-order valence-corrected chi connectivity index (χ2v) is 7.67. The first kappa shape index (κ1) is 18.9. The minimum atomic E-state index is -4.55. The number of nitrogens with zero attached hydrogens (tertiary/aromatic N) is 4. The molecule has 3 heterocycles. The molecule has 0 spiro atoms. The van der Waals surface area contributed by atoms with E-state index in [1.165, 1.54) is 6.20 Å². The maximum atomic E-state index is 13.2. The zero-order valence-electron chi connectivity index (χ0n) is 15.9. The van der Waals surface area contributed by atoms with Crippen molar-refractivity contribution in [3.05, 3.63) is 59.6 Å². The van der Waals surface area contributed by atoms with E-state index in [-0.39, 0.29) is 11.3 Å². The van der Waals surface area contributed by atoms with Crippen LogP contribution in [0.2, 0.25) is 0 Å². The number of carbonyl (C=O) groups excluding carboxylic acids is 1. The molecule has 30 heavy (non-hydrogen) atoms. The average molecular weight is 413 g/mol. The third-order valence-corrected chi connectivity index (χ3v) is 5.44. The highest BCUT2D eigenvalue weighted by Crippen LogP contribution is 2.43. The molecule has 2 aliphatic heterocycles. The molecular formula is C21H18F3N5O. The summed E-state index contributed by atoms with van der Waals surface area (Å²) in [6.45, 7) is -0.730. The van der Waals surface area contributed by atoms with Crippen LogP contribution in [0.3, 0.4) is 0 Å². The van der Waals surface area contributed by atoms with Crippen molar-refractivity contribution in [3.63, 3.8) is 0 Å². The lowest BCUT2D eigenvalue weighted by Crippen LogP contribution is -2.43. The van der Waals surface area contributed by atoms with Crippen molar-refractivity contribution < 1.29 is 18.0 Å². The minimum Gasteiger partial charge on any atom is -0.310 e. The van der Waals surface area contributed by atoms with Crippen LogP contribution in [-0.2, 0) is 11.3 Å². The Labute approximate surface area is 170 Å². The number of halogens is 3. The van der Waals surface area contributed by atoms with Gasteiger partial charge in [0.2, 0.25) is 0 Å². The van der Waals surface area contributed by atoms with Gasteiger partial charge in [0.1, 0.15) is 12.6 Å². The number of alkyl halides is 3. The Balaban J connectivity index is 1.57. The fraction of sp³-hybridized carbons (Fsp3) is 0.333. The van der Waals surface area contributed by atoms with Gasteiger partial charge in [-0.1, -0.05) is 24.3 Å². The summed E-state index contributed by atoms with van der Waals surface area (Å²) in [5.41, 5.74) is 3.10. The molecule has 0 saturated heterocycles. The van der Waals surface area contributed by atoms with Crippen molar-refractivity contribution in [1.29, 1.82) is 0 Å². The smallest absolute Gasteiger partial charge is 0.310 e. The van der Waals surface area contributed by atoms with Crippen LogP contribution in [0.5, 0.6) is 0 Å². The lowest BCUT2D eigenvalue weighted by molar-refractivity contribution is -0.130. The molecule has 1 N–H and O–H groups in total. The van der Waals surface area contributed by atoms with Gasteiger partial charge in [-0.25, -0.2) is 0 Å². The first-order valence-corrected chi connectivity index (χ1v) is 9.71. The molecule has 0 bridgehead atoms. The molecular weight excluding hydrogens is 395 g/mol. The van der Waals surface area contributed by atoms with Gasteiger partial charge < -0.3 is 5.32 Å². The SMILES string of the molecule is O=C1C2=CN=NC2c2ncc(-c3ccccc3CNC3CC3)cc2N1CC(F)(F)F. The number of pyridine rings is 1. The highest BCUT2D eigenvalue weighted by Gasteiger charge is 2.43. The molecule has 5 rings (SSSR count). The number of nitrogens with one attached hydrogen (secondary N) is 1. The van der Waals surface area contributed by atoms with E-state index in [0.717, 1.165) is 28.9 Å². The summed E-state index contributed by atoms with van der Waals surface area (Å²) in [5.74, 6) is -0.738. The van der Waals surface area contributed by atoms with Crippen molar-refractivity contribution >= 4 is 11.6 Å². The molecule has 1 aromatic heterocycles. The Kier molecular flexibility index (Phi) is 4.43. The van der Waals surface area contributed by atoms with Gasteiger partial charge in [-0.3, -0.25) is 14.7 Å². The van der Waals surface area contributed by atoms with E-state index in [1.54, 1.807) is 12.3 Å². The first-order valence-electron chi connectivity index (χ1n) is 9.71. The number of aromatic nitrogens is 1. The molecule has 2 aromatic rings. The number of hydrogen-bond donors (Lipinski definition) is 1. The Bertz CT molecular complexity index is 1070. The number of hydrogen-bond acceptors (Lipinski definition) is 5. The van der Waals surface area contributed by atoms with E-state index in [9.17, 15) is 18.0 Å². The van der Waals surface area contributed by atoms with E-state index in [2.05, 4.69) is 20.5 Å². The van der Waals surface area contributed by atoms with Gasteiger partial charge in [0.15, 0.2) is 0 Å². The van der Waals surface area contributed by atoms with E-state index in [4.69, 9.17) is 0 Å². The van der Waals surface area contributed by atoms with Crippen LogP contribution in [0.25, 0.3) is 11.1 Å². The van der Waals surface area contributed by atoms with E-state index in [1.807, 2.05) is 24.3 Å². The van der Waals surface area contributed by atoms with Gasteiger partial charge in [-0.05, 0) is 30.0 Å². The molecule has 9 heteroatoms. The van der Waals surface area contributed by atoms with Crippen LogP contribution in [-0.4, -0.2) is 29.7 Å². The Morgan fingerprint density at radius 3 is 2.77 bits per heavy atom. The normalized spacial score (nSPS) is 20.2. The molecule has 1 unspecified atom stereocenters. The highest BCUT2D eigenvalue weighted by molar-refractivity contribution is 6.09. The Morgan fingerprint density at radius 1 is 1.20 bits per heavy atom. The van der Waals surface area contributed by atoms with Crippen molar-refractivity contribution in [2.75, 3.05) is 11.4 Å². The second-order valence-electron chi connectivity index (χ2n) is 7.67. The van der Waals surface area contributed by atoms with Crippen LogP contribution in [0.15, 0.2) is 58.5 Å². The topological polar surface area (TPSA) is 69.9 Å². The predicted octanol–water partition coefficient (Wildman–Crippen LogP) is 4.30. The quantitative estimate of drug-likeness (QED) is 0.795. The third-order valence-electron chi connectivity index (χ3n) is 5.44. The van der Waals surface area contributed by atoms with E-state index < -0.39 is 24.7 Å². The monoisotopic (exact) mass is 413 g/mol. The second kappa shape index (κ2) is 7.02.